The van der Waals surface area contributed by atoms with E-state index in [9.17, 15) is 13.2 Å². The summed E-state index contributed by atoms with van der Waals surface area (Å²) < 4.78 is 45.2. The van der Waals surface area contributed by atoms with E-state index in [1.54, 1.807) is 24.3 Å². The zero-order chi connectivity index (χ0) is 18.7. The van der Waals surface area contributed by atoms with Crippen LogP contribution in [0.2, 0.25) is 0 Å². The van der Waals surface area contributed by atoms with Gasteiger partial charge in [-0.25, -0.2) is 23.1 Å². The molecule has 0 spiro atoms. The molecule has 0 fully saturated rings. The average molecular weight is 363 g/mol. The van der Waals surface area contributed by atoms with Gasteiger partial charge in [-0.1, -0.05) is 12.1 Å². The molecule has 0 radical (unpaired) electrons. The van der Waals surface area contributed by atoms with Gasteiger partial charge in [0.2, 0.25) is 0 Å². The van der Waals surface area contributed by atoms with Crippen molar-refractivity contribution in [1.29, 1.82) is 0 Å². The summed E-state index contributed by atoms with van der Waals surface area (Å²) in [6, 6.07) is 9.31. The SMILES string of the molecule is COc1cc(-c2ccc(F)cc2)cc2c(NCC(F)(F)CO)ncnc12. The van der Waals surface area contributed by atoms with Crippen LogP contribution in [0.1, 0.15) is 0 Å². The molecule has 3 aromatic rings. The second-order valence-electron chi connectivity index (χ2n) is 5.67. The van der Waals surface area contributed by atoms with Crippen molar-refractivity contribution in [3.05, 3.63) is 48.5 Å². The van der Waals surface area contributed by atoms with E-state index in [1.807, 2.05) is 0 Å². The lowest BCUT2D eigenvalue weighted by Crippen LogP contribution is -2.31. The number of anilines is 1. The number of benzene rings is 2. The van der Waals surface area contributed by atoms with Crippen LogP contribution in [0.25, 0.3) is 22.0 Å². The number of nitrogens with zero attached hydrogens (tertiary/aromatic N) is 2. The first-order valence-electron chi connectivity index (χ1n) is 7.75. The van der Waals surface area contributed by atoms with E-state index in [2.05, 4.69) is 15.3 Å². The van der Waals surface area contributed by atoms with Crippen LogP contribution in [0.5, 0.6) is 5.75 Å². The topological polar surface area (TPSA) is 67.3 Å². The van der Waals surface area contributed by atoms with Gasteiger partial charge in [0, 0.05) is 5.39 Å². The first-order chi connectivity index (χ1) is 12.4. The lowest BCUT2D eigenvalue weighted by Gasteiger charge is -2.16. The fourth-order valence-electron chi connectivity index (χ4n) is 2.51. The van der Waals surface area contributed by atoms with Crippen LogP contribution in [0.15, 0.2) is 42.7 Å². The first kappa shape index (κ1) is 17.9. The highest BCUT2D eigenvalue weighted by Crippen LogP contribution is 2.34. The minimum Gasteiger partial charge on any atom is -0.494 e. The Balaban J connectivity index is 2.09. The van der Waals surface area contributed by atoms with Crippen LogP contribution < -0.4 is 10.1 Å². The lowest BCUT2D eigenvalue weighted by molar-refractivity contribution is -0.0373. The minimum absolute atomic E-state index is 0.186. The molecule has 0 amide bonds. The summed E-state index contributed by atoms with van der Waals surface area (Å²) in [7, 11) is 1.47. The quantitative estimate of drug-likeness (QED) is 0.702. The fourth-order valence-corrected chi connectivity index (χ4v) is 2.51. The molecule has 1 heterocycles. The predicted octanol–water partition coefficient (Wildman–Crippen LogP) is 3.48. The molecule has 0 saturated heterocycles. The molecule has 0 aliphatic heterocycles. The van der Waals surface area contributed by atoms with Crippen molar-refractivity contribution < 1.29 is 23.0 Å². The van der Waals surface area contributed by atoms with Gasteiger partial charge >= 0.3 is 0 Å². The number of alkyl halides is 2. The number of aliphatic hydroxyl groups excluding tert-OH is 1. The molecule has 1 aromatic heterocycles. The highest BCUT2D eigenvalue weighted by molar-refractivity contribution is 5.96. The maximum absolute atomic E-state index is 13.4. The minimum atomic E-state index is -3.28. The van der Waals surface area contributed by atoms with Gasteiger partial charge in [-0.2, -0.15) is 0 Å². The van der Waals surface area contributed by atoms with Crippen LogP contribution in [-0.4, -0.2) is 41.3 Å². The molecule has 2 aromatic carbocycles. The summed E-state index contributed by atoms with van der Waals surface area (Å²) in [5, 5.41) is 11.7. The summed E-state index contributed by atoms with van der Waals surface area (Å²) in [5.41, 5.74) is 1.87. The molecule has 0 aliphatic carbocycles. The number of hydrogen-bond donors (Lipinski definition) is 2. The second kappa shape index (κ2) is 7.17. The normalized spacial score (nSPS) is 11.6. The van der Waals surface area contributed by atoms with Gasteiger partial charge in [-0.15, -0.1) is 0 Å². The maximum atomic E-state index is 13.4. The molecule has 0 aliphatic rings. The molecule has 3 rings (SSSR count). The van der Waals surface area contributed by atoms with E-state index in [0.29, 0.717) is 22.2 Å². The van der Waals surface area contributed by atoms with E-state index < -0.39 is 19.1 Å². The van der Waals surface area contributed by atoms with E-state index in [0.717, 1.165) is 5.56 Å². The van der Waals surface area contributed by atoms with Crippen molar-refractivity contribution in [2.45, 2.75) is 5.92 Å². The second-order valence-corrected chi connectivity index (χ2v) is 5.67. The van der Waals surface area contributed by atoms with E-state index in [1.165, 1.54) is 25.6 Å². The molecular formula is C18H16F3N3O2. The largest absolute Gasteiger partial charge is 0.494 e. The van der Waals surface area contributed by atoms with Crippen LogP contribution in [0.3, 0.4) is 0 Å². The molecule has 8 heteroatoms. The Morgan fingerprint density at radius 2 is 1.85 bits per heavy atom. The molecule has 0 unspecified atom stereocenters. The Labute approximate surface area is 147 Å². The molecule has 0 bridgehead atoms. The van der Waals surface area contributed by atoms with Crippen LogP contribution in [-0.2, 0) is 0 Å². The van der Waals surface area contributed by atoms with Gasteiger partial charge in [0.15, 0.2) is 0 Å². The number of nitrogens with one attached hydrogen (secondary N) is 1. The summed E-state index contributed by atoms with van der Waals surface area (Å²) in [6.07, 6.45) is 1.24. The van der Waals surface area contributed by atoms with Gasteiger partial charge in [0.25, 0.3) is 5.92 Å². The summed E-state index contributed by atoms with van der Waals surface area (Å²) >= 11 is 0. The molecule has 0 saturated carbocycles. The zero-order valence-electron chi connectivity index (χ0n) is 13.8. The van der Waals surface area contributed by atoms with Gasteiger partial charge in [-0.05, 0) is 35.4 Å². The van der Waals surface area contributed by atoms with Crippen molar-refractivity contribution in [2.24, 2.45) is 0 Å². The van der Waals surface area contributed by atoms with Crippen molar-refractivity contribution >= 4 is 16.7 Å². The predicted molar refractivity (Wildman–Crippen MR) is 92.0 cm³/mol. The summed E-state index contributed by atoms with van der Waals surface area (Å²) in [5.74, 6) is -3.03. The standard InChI is InChI=1S/C18H16F3N3O2/c1-26-15-7-12(11-2-4-13(19)5-3-11)6-14-16(15)23-10-24-17(14)22-8-18(20,21)9-25/h2-7,10,25H,8-9H2,1H3,(H,22,23,24). The number of hydrogen-bond acceptors (Lipinski definition) is 5. The number of aromatic nitrogens is 2. The first-order valence-corrected chi connectivity index (χ1v) is 7.75. The van der Waals surface area contributed by atoms with E-state index in [-0.39, 0.29) is 11.6 Å². The van der Waals surface area contributed by atoms with Crippen molar-refractivity contribution in [1.82, 2.24) is 9.97 Å². The monoisotopic (exact) mass is 363 g/mol. The number of methoxy groups -OCH3 is 1. The zero-order valence-corrected chi connectivity index (χ0v) is 13.8. The molecule has 0 atom stereocenters. The average Bonchev–Trinajstić information content (AvgIpc) is 2.66. The van der Waals surface area contributed by atoms with Gasteiger partial charge in [0.1, 0.15) is 35.8 Å². The molecular weight excluding hydrogens is 347 g/mol. The Bertz CT molecular complexity index is 917. The Kier molecular flexibility index (Phi) is 4.94. The number of halogens is 3. The molecule has 5 nitrogen and oxygen atoms in total. The van der Waals surface area contributed by atoms with Crippen molar-refractivity contribution in [3.8, 4) is 16.9 Å². The Morgan fingerprint density at radius 1 is 1.12 bits per heavy atom. The van der Waals surface area contributed by atoms with Crippen molar-refractivity contribution in [2.75, 3.05) is 25.6 Å². The third kappa shape index (κ3) is 3.70. The third-order valence-corrected chi connectivity index (χ3v) is 3.85. The molecule has 136 valence electrons. The van der Waals surface area contributed by atoms with E-state index >= 15 is 0 Å². The number of rotatable bonds is 6. The third-order valence-electron chi connectivity index (χ3n) is 3.85. The van der Waals surface area contributed by atoms with Crippen LogP contribution in [0.4, 0.5) is 19.0 Å². The Hall–Kier alpha value is -2.87. The van der Waals surface area contributed by atoms with Crippen molar-refractivity contribution in [3.63, 3.8) is 0 Å². The van der Waals surface area contributed by atoms with Crippen LogP contribution in [0, 0.1) is 5.82 Å². The van der Waals surface area contributed by atoms with Gasteiger partial charge in [0.05, 0.1) is 13.7 Å². The summed E-state index contributed by atoms with van der Waals surface area (Å²) in [4.78, 5) is 8.17. The number of fused-ring (bicyclic) bond motifs is 1. The highest BCUT2D eigenvalue weighted by atomic mass is 19.3. The van der Waals surface area contributed by atoms with Crippen LogP contribution >= 0.6 is 0 Å². The summed E-state index contributed by atoms with van der Waals surface area (Å²) in [6.45, 7) is -2.05. The maximum Gasteiger partial charge on any atom is 0.287 e. The highest BCUT2D eigenvalue weighted by Gasteiger charge is 2.27. The lowest BCUT2D eigenvalue weighted by atomic mass is 10.0. The van der Waals surface area contributed by atoms with Gasteiger partial charge < -0.3 is 15.2 Å². The van der Waals surface area contributed by atoms with Gasteiger partial charge in [-0.3, -0.25) is 0 Å². The van der Waals surface area contributed by atoms with E-state index in [4.69, 9.17) is 9.84 Å². The Morgan fingerprint density at radius 3 is 2.50 bits per heavy atom. The number of aliphatic hydroxyl groups is 1. The molecule has 2 N–H and O–H groups in total. The molecule has 26 heavy (non-hydrogen) atoms. The smallest absolute Gasteiger partial charge is 0.287 e. The number of ether oxygens (including phenoxy) is 1. The fraction of sp³-hybridized carbons (Fsp3) is 0.222.